The number of nitrogens with one attached hydrogen (secondary N) is 1. The van der Waals surface area contributed by atoms with Crippen LogP contribution >= 0.6 is 11.8 Å². The number of hydrogen-bond donors (Lipinski definition) is 1. The van der Waals surface area contributed by atoms with Gasteiger partial charge in [-0.2, -0.15) is 0 Å². The fourth-order valence-corrected chi connectivity index (χ4v) is 3.93. The number of halogens is 1. The van der Waals surface area contributed by atoms with E-state index < -0.39 is 11.1 Å². The van der Waals surface area contributed by atoms with E-state index in [1.54, 1.807) is 26.1 Å². The van der Waals surface area contributed by atoms with E-state index in [9.17, 15) is 14.0 Å². The molecule has 1 N–H and O–H groups in total. The van der Waals surface area contributed by atoms with E-state index in [2.05, 4.69) is 10.3 Å². The monoisotopic (exact) mass is 407 g/mol. The maximum absolute atomic E-state index is 13.8. The van der Waals surface area contributed by atoms with Crippen molar-refractivity contribution in [1.82, 2.24) is 9.55 Å². The second kappa shape index (κ2) is 7.67. The summed E-state index contributed by atoms with van der Waals surface area (Å²) in [6.45, 7) is 1.69. The zero-order valence-corrected chi connectivity index (χ0v) is 16.7. The molecule has 1 aromatic heterocycles. The molecule has 0 fully saturated rings. The summed E-state index contributed by atoms with van der Waals surface area (Å²) >= 11 is 1.16. The van der Waals surface area contributed by atoms with Gasteiger partial charge in [-0.25, -0.2) is 9.37 Å². The Bertz CT molecular complexity index is 1300. The van der Waals surface area contributed by atoms with Crippen LogP contribution in [0.5, 0.6) is 0 Å². The lowest BCUT2D eigenvalue weighted by molar-refractivity contribution is -0.115. The number of fused-ring (bicyclic) bond motifs is 2. The molecular formula is C22H18FN3O2S. The van der Waals surface area contributed by atoms with Crippen LogP contribution in [0.25, 0.3) is 21.7 Å². The van der Waals surface area contributed by atoms with Crippen LogP contribution < -0.4 is 10.9 Å². The minimum Gasteiger partial charge on any atom is -0.323 e. The predicted molar refractivity (Wildman–Crippen MR) is 115 cm³/mol. The fourth-order valence-electron chi connectivity index (χ4n) is 3.05. The summed E-state index contributed by atoms with van der Waals surface area (Å²) in [7, 11) is 1.63. The molecule has 3 aromatic carbocycles. The average Bonchev–Trinajstić information content (AvgIpc) is 2.72. The summed E-state index contributed by atoms with van der Waals surface area (Å²) in [5.74, 6) is -0.867. The number of rotatable bonds is 4. The lowest BCUT2D eigenvalue weighted by atomic mass is 10.1. The first kappa shape index (κ1) is 19.1. The Morgan fingerprint density at radius 3 is 2.48 bits per heavy atom. The van der Waals surface area contributed by atoms with Gasteiger partial charge in [0.2, 0.25) is 5.91 Å². The Hall–Kier alpha value is -3.19. The van der Waals surface area contributed by atoms with Gasteiger partial charge >= 0.3 is 0 Å². The molecule has 0 saturated heterocycles. The summed E-state index contributed by atoms with van der Waals surface area (Å²) in [6, 6.07) is 17.5. The second-order valence-electron chi connectivity index (χ2n) is 6.70. The molecule has 0 aliphatic rings. The minimum atomic E-state index is -0.578. The Kier molecular flexibility index (Phi) is 5.07. The largest absolute Gasteiger partial charge is 0.323 e. The highest BCUT2D eigenvalue weighted by molar-refractivity contribution is 8.00. The number of benzene rings is 3. The van der Waals surface area contributed by atoms with Crippen LogP contribution in [-0.4, -0.2) is 20.7 Å². The topological polar surface area (TPSA) is 64.0 Å². The molecule has 7 heteroatoms. The number of carbonyl (C=O) groups is 1. The molecule has 0 aliphatic carbocycles. The first-order valence-electron chi connectivity index (χ1n) is 9.05. The van der Waals surface area contributed by atoms with Gasteiger partial charge in [-0.3, -0.25) is 14.2 Å². The maximum Gasteiger partial charge on any atom is 0.261 e. The van der Waals surface area contributed by atoms with E-state index >= 15 is 0 Å². The summed E-state index contributed by atoms with van der Waals surface area (Å²) in [4.78, 5) is 29.9. The molecule has 0 unspecified atom stereocenters. The second-order valence-corrected chi connectivity index (χ2v) is 8.01. The van der Waals surface area contributed by atoms with Crippen molar-refractivity contribution in [3.8, 4) is 0 Å². The van der Waals surface area contributed by atoms with E-state index in [1.807, 2.05) is 36.4 Å². The van der Waals surface area contributed by atoms with E-state index in [1.165, 1.54) is 16.7 Å². The van der Waals surface area contributed by atoms with Gasteiger partial charge in [0.25, 0.3) is 5.56 Å². The Labute approximate surface area is 170 Å². The molecule has 1 atom stereocenters. The van der Waals surface area contributed by atoms with Crippen molar-refractivity contribution < 1.29 is 9.18 Å². The van der Waals surface area contributed by atoms with Crippen molar-refractivity contribution in [2.75, 3.05) is 5.32 Å². The number of para-hydroxylation sites is 1. The third-order valence-electron chi connectivity index (χ3n) is 4.69. The molecule has 0 saturated carbocycles. The van der Waals surface area contributed by atoms with Gasteiger partial charge in [-0.05, 0) is 42.0 Å². The summed E-state index contributed by atoms with van der Waals surface area (Å²) in [5.41, 5.74) is 0.526. The Balaban J connectivity index is 1.65. The van der Waals surface area contributed by atoms with E-state index in [0.717, 1.165) is 22.5 Å². The molecular weight excluding hydrogens is 389 g/mol. The molecule has 29 heavy (non-hydrogen) atoms. The number of amides is 1. The zero-order valence-electron chi connectivity index (χ0n) is 15.8. The van der Waals surface area contributed by atoms with Gasteiger partial charge in [0.15, 0.2) is 5.16 Å². The van der Waals surface area contributed by atoms with E-state index in [-0.39, 0.29) is 17.2 Å². The highest BCUT2D eigenvalue weighted by Crippen LogP contribution is 2.25. The quantitative estimate of drug-likeness (QED) is 0.310. The Morgan fingerprint density at radius 1 is 1.10 bits per heavy atom. The van der Waals surface area contributed by atoms with Crippen LogP contribution in [0, 0.1) is 5.82 Å². The smallest absolute Gasteiger partial charge is 0.261 e. The minimum absolute atomic E-state index is 0.122. The highest BCUT2D eigenvalue weighted by atomic mass is 32.2. The van der Waals surface area contributed by atoms with Gasteiger partial charge in [-0.1, -0.05) is 48.2 Å². The normalized spacial score (nSPS) is 12.2. The molecule has 0 bridgehead atoms. The van der Waals surface area contributed by atoms with Gasteiger partial charge in [0.05, 0.1) is 21.8 Å². The van der Waals surface area contributed by atoms with Crippen molar-refractivity contribution in [3.63, 3.8) is 0 Å². The molecule has 4 rings (SSSR count). The lowest BCUT2D eigenvalue weighted by Crippen LogP contribution is -2.26. The maximum atomic E-state index is 13.8. The van der Waals surface area contributed by atoms with Crippen molar-refractivity contribution in [1.29, 1.82) is 0 Å². The van der Waals surface area contributed by atoms with Crippen molar-refractivity contribution in [2.24, 2.45) is 7.05 Å². The molecule has 1 amide bonds. The number of nitrogens with zero attached hydrogens (tertiary/aromatic N) is 2. The first-order chi connectivity index (χ1) is 13.9. The molecule has 5 nitrogen and oxygen atoms in total. The van der Waals surface area contributed by atoms with Gasteiger partial charge in [0, 0.05) is 7.05 Å². The Morgan fingerprint density at radius 2 is 1.76 bits per heavy atom. The van der Waals surface area contributed by atoms with Crippen molar-refractivity contribution in [3.05, 3.63) is 76.8 Å². The summed E-state index contributed by atoms with van der Waals surface area (Å²) in [6.07, 6.45) is 0. The van der Waals surface area contributed by atoms with E-state index in [0.29, 0.717) is 16.1 Å². The van der Waals surface area contributed by atoms with E-state index in [4.69, 9.17) is 0 Å². The standard InChI is InChI=1S/C22H18FN3O2S/c1-13(20(27)24-18-10-6-5-9-17(18)23)29-22-25-19-12-15-8-4-3-7-14(15)11-16(19)21(28)26(22)2/h3-13H,1-2H3,(H,24,27)/t13-/m1/s1. The number of carbonyl (C=O) groups excluding carboxylic acids is 1. The third-order valence-corrected chi connectivity index (χ3v) is 5.83. The van der Waals surface area contributed by atoms with Crippen LogP contribution in [0.4, 0.5) is 10.1 Å². The molecule has 146 valence electrons. The van der Waals surface area contributed by atoms with Crippen molar-refractivity contribution in [2.45, 2.75) is 17.3 Å². The SMILES string of the molecule is C[C@@H](Sc1nc2cc3ccccc3cc2c(=O)n1C)C(=O)Nc1ccccc1F. The number of anilines is 1. The predicted octanol–water partition coefficient (Wildman–Crippen LogP) is 4.35. The number of aromatic nitrogens is 2. The lowest BCUT2D eigenvalue weighted by Gasteiger charge is -2.14. The van der Waals surface area contributed by atoms with Crippen LogP contribution in [0.2, 0.25) is 0 Å². The van der Waals surface area contributed by atoms with Gasteiger partial charge < -0.3 is 5.32 Å². The number of thioether (sulfide) groups is 1. The zero-order chi connectivity index (χ0) is 20.5. The molecule has 0 radical (unpaired) electrons. The molecule has 0 spiro atoms. The van der Waals surface area contributed by atoms with Crippen LogP contribution in [-0.2, 0) is 11.8 Å². The summed E-state index contributed by atoms with van der Waals surface area (Å²) in [5, 5.41) is 4.91. The first-order valence-corrected chi connectivity index (χ1v) is 9.93. The van der Waals surface area contributed by atoms with Crippen molar-refractivity contribution >= 4 is 45.0 Å². The van der Waals surface area contributed by atoms with Gasteiger partial charge in [-0.15, -0.1) is 0 Å². The van der Waals surface area contributed by atoms with Gasteiger partial charge in [0.1, 0.15) is 5.82 Å². The highest BCUT2D eigenvalue weighted by Gasteiger charge is 2.19. The number of hydrogen-bond acceptors (Lipinski definition) is 4. The summed E-state index contributed by atoms with van der Waals surface area (Å²) < 4.78 is 15.2. The molecule has 4 aromatic rings. The van der Waals surface area contributed by atoms with Crippen LogP contribution in [0.1, 0.15) is 6.92 Å². The van der Waals surface area contributed by atoms with Crippen LogP contribution in [0.15, 0.2) is 70.6 Å². The average molecular weight is 407 g/mol. The van der Waals surface area contributed by atoms with Crippen LogP contribution in [0.3, 0.4) is 0 Å². The molecule has 1 heterocycles. The fraction of sp³-hybridized carbons (Fsp3) is 0.136. The molecule has 0 aliphatic heterocycles. The third kappa shape index (κ3) is 3.73.